The molecule has 31 heavy (non-hydrogen) atoms. The molecule has 2 N–H and O–H groups in total. The molecule has 1 fully saturated rings. The lowest BCUT2D eigenvalue weighted by Gasteiger charge is -2.29. The van der Waals surface area contributed by atoms with Crippen LogP contribution in [0, 0.1) is 6.92 Å². The molecule has 7 nitrogen and oxygen atoms in total. The molecule has 2 aliphatic rings. The number of nitrogens with one attached hydrogen (secondary N) is 2. The molecular formula is C22H22ClN3O4S. The zero-order valence-corrected chi connectivity index (χ0v) is 18.6. The Balaban J connectivity index is 1.29. The van der Waals surface area contributed by atoms with Gasteiger partial charge in [-0.05, 0) is 42.7 Å². The van der Waals surface area contributed by atoms with Gasteiger partial charge in [-0.2, -0.15) is 0 Å². The van der Waals surface area contributed by atoms with E-state index in [1.54, 1.807) is 11.0 Å². The number of Topliss-reactive ketones (excluding diaryl/α,β-unsaturated/α-hetero) is 2. The number of anilines is 1. The number of ketones is 2. The fraction of sp³-hybridized carbons (Fsp3) is 0.364. The normalized spacial score (nSPS) is 18.3. The first-order chi connectivity index (χ1) is 14.8. The van der Waals surface area contributed by atoms with Crippen LogP contribution in [-0.4, -0.2) is 40.9 Å². The summed E-state index contributed by atoms with van der Waals surface area (Å²) in [6.07, 6.45) is 0.663. The fourth-order valence-electron chi connectivity index (χ4n) is 3.83. The Morgan fingerprint density at radius 1 is 1.26 bits per heavy atom. The van der Waals surface area contributed by atoms with Crippen molar-refractivity contribution in [2.45, 2.75) is 45.3 Å². The molecule has 1 aliphatic carbocycles. The Bertz CT molecular complexity index is 1080. The Kier molecular flexibility index (Phi) is 6.11. The van der Waals surface area contributed by atoms with Gasteiger partial charge in [0.2, 0.25) is 5.91 Å². The van der Waals surface area contributed by atoms with Crippen LogP contribution in [0.15, 0.2) is 24.3 Å². The van der Waals surface area contributed by atoms with Crippen LogP contribution in [0.3, 0.4) is 0 Å². The first-order valence-electron chi connectivity index (χ1n) is 10.1. The van der Waals surface area contributed by atoms with Crippen LogP contribution < -0.4 is 10.6 Å². The van der Waals surface area contributed by atoms with Gasteiger partial charge in [-0.25, -0.2) is 0 Å². The van der Waals surface area contributed by atoms with Crippen molar-refractivity contribution in [3.63, 3.8) is 0 Å². The van der Waals surface area contributed by atoms with E-state index >= 15 is 0 Å². The molecule has 1 unspecified atom stereocenters. The van der Waals surface area contributed by atoms with Crippen molar-refractivity contribution in [1.29, 1.82) is 0 Å². The van der Waals surface area contributed by atoms with E-state index in [0.717, 1.165) is 21.7 Å². The summed E-state index contributed by atoms with van der Waals surface area (Å²) in [5.74, 6) is -0.561. The highest BCUT2D eigenvalue weighted by Gasteiger charge is 2.40. The number of hydrogen-bond acceptors (Lipinski definition) is 6. The molecule has 1 saturated carbocycles. The highest BCUT2D eigenvalue weighted by molar-refractivity contribution is 7.14. The van der Waals surface area contributed by atoms with E-state index in [0.29, 0.717) is 35.8 Å². The molecule has 162 valence electrons. The lowest BCUT2D eigenvalue weighted by atomic mass is 9.92. The number of benzene rings is 1. The minimum absolute atomic E-state index is 0.0549. The van der Waals surface area contributed by atoms with Crippen molar-refractivity contribution >= 4 is 52.0 Å². The van der Waals surface area contributed by atoms with E-state index < -0.39 is 6.04 Å². The Morgan fingerprint density at radius 3 is 2.77 bits per heavy atom. The first-order valence-corrected chi connectivity index (χ1v) is 11.2. The van der Waals surface area contributed by atoms with Gasteiger partial charge in [0, 0.05) is 28.6 Å². The number of amides is 2. The molecule has 0 bridgehead atoms. The lowest BCUT2D eigenvalue weighted by molar-refractivity contribution is -0.133. The van der Waals surface area contributed by atoms with Crippen LogP contribution in [0.1, 0.15) is 44.9 Å². The summed E-state index contributed by atoms with van der Waals surface area (Å²) in [7, 11) is 0. The second-order valence-electron chi connectivity index (χ2n) is 7.83. The number of fused-ring (bicyclic) bond motifs is 1. The second-order valence-corrected chi connectivity index (χ2v) is 9.37. The van der Waals surface area contributed by atoms with Gasteiger partial charge >= 0.3 is 0 Å². The fourth-order valence-corrected chi connectivity index (χ4v) is 5.08. The summed E-state index contributed by atoms with van der Waals surface area (Å²) in [5.41, 5.74) is 2.61. The van der Waals surface area contributed by atoms with Crippen molar-refractivity contribution < 1.29 is 19.2 Å². The molecule has 1 aromatic heterocycles. The van der Waals surface area contributed by atoms with E-state index in [-0.39, 0.29) is 36.3 Å². The SMILES string of the molecule is Cc1ccc(NCC(=O)NCc2cc3c(s2)C(=O)N(C2CCC(=O)CC2=O)C3)cc1Cl. The standard InChI is InChI=1S/C22H22ClN3O4S/c1-12-2-3-14(7-17(12)23)24-10-20(29)25-9-16-6-13-11-26(22(30)21(13)31-16)18-5-4-15(27)8-19(18)28/h2-3,6-7,18,24H,4-5,8-11H2,1H3,(H,25,29). The number of carbonyl (C=O) groups excluding carboxylic acids is 4. The first kappa shape index (κ1) is 21.5. The minimum Gasteiger partial charge on any atom is -0.376 e. The number of thiophene rings is 1. The van der Waals surface area contributed by atoms with Crippen LogP contribution in [0.2, 0.25) is 5.02 Å². The van der Waals surface area contributed by atoms with Crippen molar-refractivity contribution in [2.24, 2.45) is 0 Å². The summed E-state index contributed by atoms with van der Waals surface area (Å²) in [6.45, 7) is 2.73. The molecule has 1 atom stereocenters. The number of hydrogen-bond donors (Lipinski definition) is 2. The molecule has 2 aromatic rings. The van der Waals surface area contributed by atoms with Crippen LogP contribution in [0.4, 0.5) is 5.69 Å². The third-order valence-electron chi connectivity index (χ3n) is 5.56. The summed E-state index contributed by atoms with van der Waals surface area (Å²) in [5, 5.41) is 6.52. The van der Waals surface area contributed by atoms with Crippen LogP contribution in [-0.2, 0) is 27.5 Å². The monoisotopic (exact) mass is 459 g/mol. The maximum Gasteiger partial charge on any atom is 0.265 e. The van der Waals surface area contributed by atoms with E-state index in [1.807, 2.05) is 25.1 Å². The van der Waals surface area contributed by atoms with Gasteiger partial charge in [0.15, 0.2) is 5.78 Å². The lowest BCUT2D eigenvalue weighted by Crippen LogP contribution is -2.44. The van der Waals surface area contributed by atoms with E-state index in [2.05, 4.69) is 10.6 Å². The quantitative estimate of drug-likeness (QED) is 0.647. The highest BCUT2D eigenvalue weighted by Crippen LogP contribution is 2.34. The minimum atomic E-state index is -0.505. The van der Waals surface area contributed by atoms with Gasteiger partial charge in [-0.3, -0.25) is 19.2 Å². The smallest absolute Gasteiger partial charge is 0.265 e. The molecule has 2 heterocycles. The Hall–Kier alpha value is -2.71. The zero-order valence-electron chi connectivity index (χ0n) is 17.0. The van der Waals surface area contributed by atoms with Crippen molar-refractivity contribution in [3.8, 4) is 0 Å². The van der Waals surface area contributed by atoms with Gasteiger partial charge in [-0.15, -0.1) is 11.3 Å². The summed E-state index contributed by atoms with van der Waals surface area (Å²) in [4.78, 5) is 51.6. The van der Waals surface area contributed by atoms with Crippen molar-refractivity contribution in [3.05, 3.63) is 50.2 Å². The predicted molar refractivity (Wildman–Crippen MR) is 118 cm³/mol. The highest BCUT2D eigenvalue weighted by atomic mass is 35.5. The van der Waals surface area contributed by atoms with E-state index in [9.17, 15) is 19.2 Å². The molecule has 1 aliphatic heterocycles. The van der Waals surface area contributed by atoms with Gasteiger partial charge in [-0.1, -0.05) is 17.7 Å². The van der Waals surface area contributed by atoms with Gasteiger partial charge in [0.05, 0.1) is 30.4 Å². The van der Waals surface area contributed by atoms with E-state index in [1.165, 1.54) is 11.3 Å². The molecule has 4 rings (SSSR count). The maximum absolute atomic E-state index is 12.8. The number of aryl methyl sites for hydroxylation is 1. The average Bonchev–Trinajstić information content (AvgIpc) is 3.26. The number of halogens is 1. The number of nitrogens with zero attached hydrogens (tertiary/aromatic N) is 1. The summed E-state index contributed by atoms with van der Waals surface area (Å²) >= 11 is 7.43. The summed E-state index contributed by atoms with van der Waals surface area (Å²) in [6, 6.07) is 6.92. The van der Waals surface area contributed by atoms with Gasteiger partial charge in [0.25, 0.3) is 5.91 Å². The van der Waals surface area contributed by atoms with Gasteiger partial charge < -0.3 is 15.5 Å². The Labute approximate surface area is 188 Å². The predicted octanol–water partition coefficient (Wildman–Crippen LogP) is 3.08. The summed E-state index contributed by atoms with van der Waals surface area (Å²) < 4.78 is 0. The molecular weight excluding hydrogens is 438 g/mol. The third-order valence-corrected chi connectivity index (χ3v) is 7.13. The van der Waals surface area contributed by atoms with Crippen LogP contribution >= 0.6 is 22.9 Å². The molecule has 2 amide bonds. The van der Waals surface area contributed by atoms with Gasteiger partial charge in [0.1, 0.15) is 5.78 Å². The number of rotatable bonds is 6. The number of carbonyl (C=O) groups is 4. The van der Waals surface area contributed by atoms with Crippen LogP contribution in [0.5, 0.6) is 0 Å². The molecule has 0 radical (unpaired) electrons. The third kappa shape index (κ3) is 4.65. The Morgan fingerprint density at radius 2 is 2.06 bits per heavy atom. The molecule has 0 saturated heterocycles. The zero-order chi connectivity index (χ0) is 22.1. The maximum atomic E-state index is 12.8. The topological polar surface area (TPSA) is 95.6 Å². The van der Waals surface area contributed by atoms with E-state index in [4.69, 9.17) is 11.6 Å². The second kappa shape index (κ2) is 8.80. The van der Waals surface area contributed by atoms with Crippen molar-refractivity contribution in [2.75, 3.05) is 11.9 Å². The molecule has 9 heteroatoms. The van der Waals surface area contributed by atoms with Crippen molar-refractivity contribution in [1.82, 2.24) is 10.2 Å². The molecule has 0 spiro atoms. The molecule has 1 aromatic carbocycles. The average molecular weight is 460 g/mol. The van der Waals surface area contributed by atoms with Crippen LogP contribution in [0.25, 0.3) is 0 Å². The largest absolute Gasteiger partial charge is 0.376 e.